The zero-order chi connectivity index (χ0) is 10.3. The van der Waals surface area contributed by atoms with Gasteiger partial charge in [-0.1, -0.05) is 13.8 Å². The third kappa shape index (κ3) is 7.93. The Morgan fingerprint density at radius 2 is 2.15 bits per heavy atom. The van der Waals surface area contributed by atoms with E-state index < -0.39 is 10.8 Å². The van der Waals surface area contributed by atoms with E-state index in [9.17, 15) is 9.00 Å². The second-order valence-corrected chi connectivity index (χ2v) is 4.79. The fraction of sp³-hybridized carbons (Fsp3) is 0.875. The first-order valence-electron chi connectivity index (χ1n) is 4.28. The zero-order valence-electron chi connectivity index (χ0n) is 8.08. The predicted octanol–water partition coefficient (Wildman–Crippen LogP) is -0.500. The summed E-state index contributed by atoms with van der Waals surface area (Å²) in [7, 11) is -1.23. The van der Waals surface area contributed by atoms with Crippen LogP contribution in [-0.4, -0.2) is 39.9 Å². The quantitative estimate of drug-likeness (QED) is 0.617. The van der Waals surface area contributed by atoms with Crippen LogP contribution in [0.3, 0.4) is 0 Å². The second kappa shape index (κ2) is 7.03. The van der Waals surface area contributed by atoms with E-state index in [4.69, 9.17) is 5.11 Å². The van der Waals surface area contributed by atoms with Gasteiger partial charge in [-0.3, -0.25) is 9.00 Å². The molecule has 0 heterocycles. The van der Waals surface area contributed by atoms with Gasteiger partial charge in [0.2, 0.25) is 5.91 Å². The standard InChI is InChI=1S/C8H17NO3S/c1-7(2)5-9-8(11)6-13(12)4-3-10/h7,10H,3-6H2,1-2H3,(H,9,11). The van der Waals surface area contributed by atoms with Crippen LogP contribution in [0, 0.1) is 5.92 Å². The van der Waals surface area contributed by atoms with E-state index in [1.54, 1.807) is 0 Å². The molecule has 0 aliphatic rings. The van der Waals surface area contributed by atoms with Crippen molar-refractivity contribution in [3.63, 3.8) is 0 Å². The summed E-state index contributed by atoms with van der Waals surface area (Å²) in [6.45, 7) is 4.45. The lowest BCUT2D eigenvalue weighted by molar-refractivity contribution is -0.118. The minimum Gasteiger partial charge on any atom is -0.395 e. The monoisotopic (exact) mass is 207 g/mol. The average molecular weight is 207 g/mol. The maximum atomic E-state index is 11.0. The highest BCUT2D eigenvalue weighted by Gasteiger charge is 2.06. The summed E-state index contributed by atoms with van der Waals surface area (Å²) in [5, 5.41) is 11.1. The van der Waals surface area contributed by atoms with Gasteiger partial charge in [0.1, 0.15) is 5.75 Å². The van der Waals surface area contributed by atoms with Gasteiger partial charge in [-0.15, -0.1) is 0 Å². The lowest BCUT2D eigenvalue weighted by Gasteiger charge is -2.06. The van der Waals surface area contributed by atoms with E-state index in [0.29, 0.717) is 12.5 Å². The van der Waals surface area contributed by atoms with Gasteiger partial charge in [-0.25, -0.2) is 0 Å². The fourth-order valence-corrected chi connectivity index (χ4v) is 1.43. The van der Waals surface area contributed by atoms with Gasteiger partial charge >= 0.3 is 0 Å². The maximum absolute atomic E-state index is 11.0. The third-order valence-corrected chi connectivity index (χ3v) is 2.54. The van der Waals surface area contributed by atoms with Crippen molar-refractivity contribution in [2.24, 2.45) is 5.92 Å². The van der Waals surface area contributed by atoms with Gasteiger partial charge in [0.05, 0.1) is 6.61 Å². The van der Waals surface area contributed by atoms with E-state index in [1.165, 1.54) is 0 Å². The Morgan fingerprint density at radius 1 is 1.54 bits per heavy atom. The molecule has 0 spiro atoms. The number of amides is 1. The van der Waals surface area contributed by atoms with Crippen LogP contribution in [0.2, 0.25) is 0 Å². The summed E-state index contributed by atoms with van der Waals surface area (Å²) in [6.07, 6.45) is 0. The molecule has 0 aliphatic heterocycles. The molecular formula is C8H17NO3S. The molecule has 0 saturated heterocycles. The molecular weight excluding hydrogens is 190 g/mol. The summed E-state index contributed by atoms with van der Waals surface area (Å²) in [4.78, 5) is 11.0. The van der Waals surface area contributed by atoms with Crippen molar-refractivity contribution in [1.82, 2.24) is 5.32 Å². The number of aliphatic hydroxyl groups excluding tert-OH is 1. The molecule has 1 unspecified atom stereocenters. The SMILES string of the molecule is CC(C)CNC(=O)CS(=O)CCO. The van der Waals surface area contributed by atoms with Crippen molar-refractivity contribution >= 4 is 16.7 Å². The molecule has 1 atom stereocenters. The average Bonchev–Trinajstić information content (AvgIpc) is 2.01. The largest absolute Gasteiger partial charge is 0.395 e. The minimum atomic E-state index is -1.23. The molecule has 4 nitrogen and oxygen atoms in total. The molecule has 0 radical (unpaired) electrons. The molecule has 0 saturated carbocycles. The van der Waals surface area contributed by atoms with Crippen LogP contribution < -0.4 is 5.32 Å². The van der Waals surface area contributed by atoms with Crippen molar-refractivity contribution in [3.8, 4) is 0 Å². The highest BCUT2D eigenvalue weighted by Crippen LogP contribution is 1.88. The summed E-state index contributed by atoms with van der Waals surface area (Å²) >= 11 is 0. The summed E-state index contributed by atoms with van der Waals surface area (Å²) in [5.74, 6) is 0.359. The number of aliphatic hydroxyl groups is 1. The molecule has 13 heavy (non-hydrogen) atoms. The fourth-order valence-electron chi connectivity index (χ4n) is 0.689. The Bertz CT molecular complexity index is 182. The number of hydrogen-bond donors (Lipinski definition) is 2. The topological polar surface area (TPSA) is 66.4 Å². The highest BCUT2D eigenvalue weighted by atomic mass is 32.2. The van der Waals surface area contributed by atoms with Crippen LogP contribution in [0.4, 0.5) is 0 Å². The Morgan fingerprint density at radius 3 is 2.62 bits per heavy atom. The van der Waals surface area contributed by atoms with Crippen molar-refractivity contribution in [1.29, 1.82) is 0 Å². The minimum absolute atomic E-state index is 0.00667. The van der Waals surface area contributed by atoms with Crippen LogP contribution in [0.25, 0.3) is 0 Å². The Balaban J connectivity index is 3.56. The molecule has 5 heteroatoms. The summed E-state index contributed by atoms with van der Waals surface area (Å²) < 4.78 is 11.0. The maximum Gasteiger partial charge on any atom is 0.232 e. The number of carbonyl (C=O) groups excluding carboxylic acids is 1. The molecule has 78 valence electrons. The summed E-state index contributed by atoms with van der Waals surface area (Å²) in [6, 6.07) is 0. The molecule has 0 aromatic heterocycles. The van der Waals surface area contributed by atoms with Crippen molar-refractivity contribution < 1.29 is 14.1 Å². The van der Waals surface area contributed by atoms with Crippen LogP contribution in [0.15, 0.2) is 0 Å². The van der Waals surface area contributed by atoms with E-state index in [0.717, 1.165) is 0 Å². The first-order chi connectivity index (χ1) is 6.06. The molecule has 0 aromatic rings. The van der Waals surface area contributed by atoms with Gasteiger partial charge in [0.25, 0.3) is 0 Å². The first kappa shape index (κ1) is 12.6. The van der Waals surface area contributed by atoms with Crippen molar-refractivity contribution in [2.45, 2.75) is 13.8 Å². The van der Waals surface area contributed by atoms with E-state index >= 15 is 0 Å². The second-order valence-electron chi connectivity index (χ2n) is 3.21. The van der Waals surface area contributed by atoms with Crippen LogP contribution in [0.1, 0.15) is 13.8 Å². The molecule has 0 bridgehead atoms. The molecule has 2 N–H and O–H groups in total. The van der Waals surface area contributed by atoms with Gasteiger partial charge in [0, 0.05) is 23.1 Å². The number of nitrogens with one attached hydrogen (secondary N) is 1. The lowest BCUT2D eigenvalue weighted by atomic mass is 10.2. The highest BCUT2D eigenvalue weighted by molar-refractivity contribution is 7.85. The Labute approximate surface area is 81.2 Å². The smallest absolute Gasteiger partial charge is 0.232 e. The normalized spacial score (nSPS) is 12.9. The van der Waals surface area contributed by atoms with Gasteiger partial charge in [-0.2, -0.15) is 0 Å². The van der Waals surface area contributed by atoms with Crippen LogP contribution in [0.5, 0.6) is 0 Å². The molecule has 0 fully saturated rings. The molecule has 1 amide bonds. The summed E-state index contributed by atoms with van der Waals surface area (Å²) in [5.41, 5.74) is 0. The number of carbonyl (C=O) groups is 1. The Kier molecular flexibility index (Phi) is 6.80. The first-order valence-corrected chi connectivity index (χ1v) is 5.77. The van der Waals surface area contributed by atoms with Crippen LogP contribution >= 0.6 is 0 Å². The zero-order valence-corrected chi connectivity index (χ0v) is 8.89. The molecule has 0 aromatic carbocycles. The van der Waals surface area contributed by atoms with Crippen molar-refractivity contribution in [3.05, 3.63) is 0 Å². The lowest BCUT2D eigenvalue weighted by Crippen LogP contribution is -2.32. The van der Waals surface area contributed by atoms with Crippen molar-refractivity contribution in [2.75, 3.05) is 24.7 Å². The number of rotatable bonds is 6. The van der Waals surface area contributed by atoms with E-state index in [2.05, 4.69) is 5.32 Å². The van der Waals surface area contributed by atoms with Gasteiger partial charge in [0.15, 0.2) is 0 Å². The van der Waals surface area contributed by atoms with Gasteiger partial charge in [-0.05, 0) is 5.92 Å². The van der Waals surface area contributed by atoms with E-state index in [1.807, 2.05) is 13.8 Å². The Hall–Kier alpha value is -0.420. The van der Waals surface area contributed by atoms with E-state index in [-0.39, 0.29) is 24.0 Å². The third-order valence-electron chi connectivity index (χ3n) is 1.32. The predicted molar refractivity (Wildman–Crippen MR) is 52.8 cm³/mol. The molecule has 0 aliphatic carbocycles. The molecule has 0 rings (SSSR count). The van der Waals surface area contributed by atoms with Gasteiger partial charge < -0.3 is 10.4 Å². The van der Waals surface area contributed by atoms with Crippen LogP contribution in [-0.2, 0) is 15.6 Å². The number of hydrogen-bond acceptors (Lipinski definition) is 3.